The zero-order valence-electron chi connectivity index (χ0n) is 25.1. The molecule has 1 fully saturated rings. The van der Waals surface area contributed by atoms with E-state index >= 15 is 0 Å². The molecule has 0 unspecified atom stereocenters. The molecule has 0 saturated carbocycles. The van der Waals surface area contributed by atoms with Gasteiger partial charge in [-0.15, -0.1) is 0 Å². The van der Waals surface area contributed by atoms with Gasteiger partial charge in [-0.1, -0.05) is 24.3 Å². The molecule has 0 bridgehead atoms. The van der Waals surface area contributed by atoms with Crippen LogP contribution in [0.2, 0.25) is 0 Å². The number of sulfonamides is 1. The Morgan fingerprint density at radius 1 is 1.00 bits per heavy atom. The van der Waals surface area contributed by atoms with E-state index in [0.717, 1.165) is 45.9 Å². The summed E-state index contributed by atoms with van der Waals surface area (Å²) in [6.07, 6.45) is -10.1. The van der Waals surface area contributed by atoms with E-state index in [1.807, 2.05) is 13.8 Å². The first-order valence-electron chi connectivity index (χ1n) is 14.4. The van der Waals surface area contributed by atoms with Crippen molar-refractivity contribution in [2.24, 2.45) is 5.92 Å². The second kappa shape index (κ2) is 12.9. The van der Waals surface area contributed by atoms with Crippen molar-refractivity contribution in [3.8, 4) is 0 Å². The number of carbonyl (C=O) groups is 1. The van der Waals surface area contributed by atoms with Crippen molar-refractivity contribution in [2.45, 2.75) is 74.8 Å². The van der Waals surface area contributed by atoms with Crippen LogP contribution in [-0.2, 0) is 26.8 Å². The standard InChI is InChI=1S/C31H34F7N3O4S/c1-4-39-28(19(2)3)20-13-15-40(16-14-20)27(42)18-24-9-5-21-17-22(29(43,30(33,34)35)31(36,37)38)6-12-26(21)41(24)46(44,45)25-10-7-23(32)8-11-25/h4,6-8,10-12,17,20,24,39,43H,1,5,9,13-16,18H2,2-3H3/t24-/m0/s1. The molecule has 0 radical (unpaired) electrons. The molecule has 1 amide bonds. The van der Waals surface area contributed by atoms with Crippen LogP contribution in [0.25, 0.3) is 0 Å². The Bertz CT molecular complexity index is 1580. The number of likely N-dealkylation sites (tertiary alicyclic amines) is 1. The van der Waals surface area contributed by atoms with Gasteiger partial charge in [0.2, 0.25) is 5.91 Å². The van der Waals surface area contributed by atoms with Crippen molar-refractivity contribution >= 4 is 21.6 Å². The fraction of sp³-hybridized carbons (Fsp3) is 0.452. The zero-order chi connectivity index (χ0) is 34.2. The molecule has 46 heavy (non-hydrogen) atoms. The van der Waals surface area contributed by atoms with Crippen molar-refractivity contribution in [1.29, 1.82) is 0 Å². The predicted octanol–water partition coefficient (Wildman–Crippen LogP) is 6.30. The lowest BCUT2D eigenvalue weighted by molar-refractivity contribution is -0.376. The second-order valence-corrected chi connectivity index (χ2v) is 13.4. The molecule has 2 aliphatic heterocycles. The molecule has 2 aromatic carbocycles. The molecule has 1 atom stereocenters. The van der Waals surface area contributed by atoms with Crippen molar-refractivity contribution in [2.75, 3.05) is 17.4 Å². The summed E-state index contributed by atoms with van der Waals surface area (Å²) in [5.41, 5.74) is -5.11. The summed E-state index contributed by atoms with van der Waals surface area (Å²) >= 11 is 0. The summed E-state index contributed by atoms with van der Waals surface area (Å²) in [5.74, 6) is -0.970. The molecule has 0 aliphatic carbocycles. The third kappa shape index (κ3) is 6.61. The van der Waals surface area contributed by atoms with Crippen LogP contribution >= 0.6 is 0 Å². The minimum atomic E-state index is -6.13. The van der Waals surface area contributed by atoms with Crippen LogP contribution in [0, 0.1) is 11.7 Å². The second-order valence-electron chi connectivity index (χ2n) is 11.6. The lowest BCUT2D eigenvalue weighted by Gasteiger charge is -2.40. The molecule has 252 valence electrons. The Labute approximate surface area is 262 Å². The van der Waals surface area contributed by atoms with Crippen molar-refractivity contribution in [1.82, 2.24) is 10.2 Å². The van der Waals surface area contributed by atoms with E-state index in [9.17, 15) is 49.1 Å². The van der Waals surface area contributed by atoms with E-state index in [1.165, 1.54) is 0 Å². The van der Waals surface area contributed by atoms with Gasteiger partial charge in [0.05, 0.1) is 16.6 Å². The number of nitrogens with zero attached hydrogens (tertiary/aromatic N) is 2. The molecule has 2 heterocycles. The Hall–Kier alpha value is -3.59. The Kier molecular flexibility index (Phi) is 9.89. The zero-order valence-corrected chi connectivity index (χ0v) is 25.9. The van der Waals surface area contributed by atoms with Crippen LogP contribution in [0.4, 0.5) is 36.4 Å². The number of hydrogen-bond donors (Lipinski definition) is 2. The van der Waals surface area contributed by atoms with Crippen molar-refractivity contribution in [3.63, 3.8) is 0 Å². The fourth-order valence-electron chi connectivity index (χ4n) is 6.11. The average molecular weight is 678 g/mol. The first-order valence-corrected chi connectivity index (χ1v) is 15.9. The SMILES string of the molecule is C=CNC(=C(C)C)C1CCN(C(=O)C[C@@H]2CCc3cc(C(O)(C(F)(F)F)C(F)(F)F)ccc3N2S(=O)(=O)c2ccc(F)cc2)CC1. The van der Waals surface area contributed by atoms with E-state index in [2.05, 4.69) is 11.9 Å². The van der Waals surface area contributed by atoms with Crippen LogP contribution in [0.5, 0.6) is 0 Å². The summed E-state index contributed by atoms with van der Waals surface area (Å²) in [7, 11) is -4.59. The Morgan fingerprint density at radius 3 is 2.11 bits per heavy atom. The number of aliphatic hydroxyl groups is 1. The molecule has 2 aromatic rings. The van der Waals surface area contributed by atoms with Crippen molar-refractivity contribution < 1.29 is 49.1 Å². The van der Waals surface area contributed by atoms with Crippen LogP contribution < -0.4 is 9.62 Å². The van der Waals surface area contributed by atoms with Crippen molar-refractivity contribution in [3.05, 3.63) is 83.5 Å². The number of nitrogens with one attached hydrogen (secondary N) is 1. The lowest BCUT2D eigenvalue weighted by Crippen LogP contribution is -2.54. The number of aryl methyl sites for hydroxylation is 1. The highest BCUT2D eigenvalue weighted by Crippen LogP contribution is 2.51. The van der Waals surface area contributed by atoms with Gasteiger partial charge in [0.25, 0.3) is 15.6 Å². The van der Waals surface area contributed by atoms with Crippen LogP contribution in [0.1, 0.15) is 50.7 Å². The van der Waals surface area contributed by atoms with E-state index in [4.69, 9.17) is 0 Å². The first kappa shape index (κ1) is 35.3. The van der Waals surface area contributed by atoms with Crippen LogP contribution in [-0.4, -0.2) is 55.8 Å². The Morgan fingerprint density at radius 2 is 1.59 bits per heavy atom. The number of fused-ring (bicyclic) bond motifs is 1. The minimum absolute atomic E-state index is 0.124. The molecular formula is C31H34F7N3O4S. The van der Waals surface area contributed by atoms with Gasteiger partial charge in [-0.05, 0) is 81.6 Å². The summed E-state index contributed by atoms with van der Waals surface area (Å²) in [5, 5.41) is 13.1. The minimum Gasteiger partial charge on any atom is -0.369 e. The number of carbonyl (C=O) groups excluding carboxylic acids is 1. The van der Waals surface area contributed by atoms with Gasteiger partial charge in [-0.25, -0.2) is 12.8 Å². The van der Waals surface area contributed by atoms with E-state index in [1.54, 1.807) is 11.1 Å². The maximum absolute atomic E-state index is 13.9. The van der Waals surface area contributed by atoms with Gasteiger partial charge in [0.15, 0.2) is 0 Å². The smallest absolute Gasteiger partial charge is 0.369 e. The highest BCUT2D eigenvalue weighted by atomic mass is 32.2. The number of hydrogen-bond acceptors (Lipinski definition) is 5. The summed E-state index contributed by atoms with van der Waals surface area (Å²) in [6.45, 7) is 8.37. The van der Waals surface area contributed by atoms with Crippen LogP contribution in [0.15, 0.2) is 71.4 Å². The molecule has 2 aliphatic rings. The molecule has 2 N–H and O–H groups in total. The fourth-order valence-corrected chi connectivity index (χ4v) is 7.83. The van der Waals surface area contributed by atoms with Crippen LogP contribution in [0.3, 0.4) is 0 Å². The number of piperidine rings is 1. The van der Waals surface area contributed by atoms with E-state index in [0.29, 0.717) is 38.1 Å². The third-order valence-electron chi connectivity index (χ3n) is 8.47. The molecule has 1 saturated heterocycles. The quantitative estimate of drug-likeness (QED) is 0.320. The van der Waals surface area contributed by atoms with E-state index < -0.39 is 50.3 Å². The van der Waals surface area contributed by atoms with Gasteiger partial charge >= 0.3 is 12.4 Å². The molecule has 15 heteroatoms. The van der Waals surface area contributed by atoms with Gasteiger partial charge in [0.1, 0.15) is 5.82 Å². The number of allylic oxidation sites excluding steroid dienone is 2. The lowest BCUT2D eigenvalue weighted by atomic mass is 9.87. The Balaban J connectivity index is 1.69. The number of anilines is 1. The highest BCUT2D eigenvalue weighted by Gasteiger charge is 2.71. The molecule has 7 nitrogen and oxygen atoms in total. The topological polar surface area (TPSA) is 90.0 Å². The number of amides is 1. The molecular weight excluding hydrogens is 643 g/mol. The number of alkyl halides is 6. The highest BCUT2D eigenvalue weighted by molar-refractivity contribution is 7.92. The summed E-state index contributed by atoms with van der Waals surface area (Å²) in [6, 6.07) is 4.30. The molecule has 4 rings (SSSR count). The first-order chi connectivity index (χ1) is 21.3. The normalized spacial score (nSPS) is 18.2. The average Bonchev–Trinajstić information content (AvgIpc) is 2.98. The number of rotatable bonds is 8. The number of benzene rings is 2. The molecule has 0 spiro atoms. The summed E-state index contributed by atoms with van der Waals surface area (Å²) < 4.78 is 124. The van der Waals surface area contributed by atoms with Gasteiger partial charge in [0, 0.05) is 36.7 Å². The van der Waals surface area contributed by atoms with Gasteiger partial charge < -0.3 is 15.3 Å². The maximum atomic E-state index is 13.9. The van der Waals surface area contributed by atoms with Gasteiger partial charge in [-0.2, -0.15) is 26.3 Å². The monoisotopic (exact) mass is 677 g/mol. The molecule has 0 aromatic heterocycles. The largest absolute Gasteiger partial charge is 0.430 e. The summed E-state index contributed by atoms with van der Waals surface area (Å²) in [4.78, 5) is 14.7. The van der Waals surface area contributed by atoms with E-state index in [-0.39, 0.29) is 42.3 Å². The number of halogens is 7. The van der Waals surface area contributed by atoms with Gasteiger partial charge in [-0.3, -0.25) is 9.10 Å². The maximum Gasteiger partial charge on any atom is 0.430 e. The third-order valence-corrected chi connectivity index (χ3v) is 10.3. The predicted molar refractivity (Wildman–Crippen MR) is 156 cm³/mol.